The molecule has 1 amide bonds. The standard InChI is InChI=1S/C27H30N8OS/c1-17-8-9-18(2)23(13-17)31-24(36)10-12-34-26(25(32-27(34)37)22-7-5-6-11-28-22)21-14-19(3)35(20(21)4)33-15-29-30-16-33/h5-9,11,13-16,25-26H,10,12H2,1-4H3,(H,31,36)(H,32,37). The van der Waals surface area contributed by atoms with Gasteiger partial charge in [0.05, 0.1) is 17.8 Å². The number of nitrogens with one attached hydrogen (secondary N) is 2. The van der Waals surface area contributed by atoms with Gasteiger partial charge in [-0.25, -0.2) is 4.68 Å². The molecule has 1 aromatic carbocycles. The van der Waals surface area contributed by atoms with Crippen LogP contribution < -0.4 is 10.6 Å². The third kappa shape index (κ3) is 4.84. The molecule has 4 aromatic rings. The number of amides is 1. The fraction of sp³-hybridized carbons (Fsp3) is 0.296. The Balaban J connectivity index is 1.45. The molecule has 37 heavy (non-hydrogen) atoms. The van der Waals surface area contributed by atoms with Crippen molar-refractivity contribution in [2.45, 2.75) is 46.2 Å². The van der Waals surface area contributed by atoms with Gasteiger partial charge in [0.25, 0.3) is 0 Å². The summed E-state index contributed by atoms with van der Waals surface area (Å²) in [5.74, 6) is -0.0495. The van der Waals surface area contributed by atoms with Crippen molar-refractivity contribution >= 4 is 28.9 Å². The number of carbonyl (C=O) groups excluding carboxylic acids is 1. The first kappa shape index (κ1) is 24.6. The summed E-state index contributed by atoms with van der Waals surface area (Å²) in [5, 5.41) is 15.1. The Hall–Kier alpha value is -4.05. The molecule has 3 aromatic heterocycles. The molecule has 0 spiro atoms. The largest absolute Gasteiger partial charge is 0.352 e. The van der Waals surface area contributed by atoms with E-state index in [1.165, 1.54) is 0 Å². The summed E-state index contributed by atoms with van der Waals surface area (Å²) < 4.78 is 3.92. The lowest BCUT2D eigenvalue weighted by atomic mass is 9.96. The van der Waals surface area contributed by atoms with Gasteiger partial charge in [-0.3, -0.25) is 14.5 Å². The first-order chi connectivity index (χ1) is 17.8. The second kappa shape index (κ2) is 10.1. The first-order valence-electron chi connectivity index (χ1n) is 12.2. The maximum atomic E-state index is 13.0. The summed E-state index contributed by atoms with van der Waals surface area (Å²) in [6, 6.07) is 13.8. The van der Waals surface area contributed by atoms with E-state index in [1.54, 1.807) is 18.9 Å². The van der Waals surface area contributed by atoms with Crippen molar-refractivity contribution in [3.63, 3.8) is 0 Å². The fourth-order valence-electron chi connectivity index (χ4n) is 5.02. The Labute approximate surface area is 221 Å². The van der Waals surface area contributed by atoms with E-state index >= 15 is 0 Å². The van der Waals surface area contributed by atoms with Crippen LogP contribution in [0.15, 0.2) is 61.3 Å². The molecule has 4 heterocycles. The Morgan fingerprint density at radius 3 is 2.59 bits per heavy atom. The average molecular weight is 515 g/mol. The number of thiocarbonyl (C=S) groups is 1. The zero-order valence-electron chi connectivity index (χ0n) is 21.3. The molecule has 2 atom stereocenters. The molecule has 1 fully saturated rings. The third-order valence-electron chi connectivity index (χ3n) is 6.83. The Morgan fingerprint density at radius 2 is 1.86 bits per heavy atom. The van der Waals surface area contributed by atoms with Gasteiger partial charge in [-0.1, -0.05) is 18.2 Å². The van der Waals surface area contributed by atoms with Crippen LogP contribution in [-0.2, 0) is 4.79 Å². The second-order valence-corrected chi connectivity index (χ2v) is 9.80. The van der Waals surface area contributed by atoms with Crippen molar-refractivity contribution in [1.29, 1.82) is 0 Å². The molecule has 1 aliphatic heterocycles. The number of benzene rings is 1. The SMILES string of the molecule is Cc1ccc(C)c(NC(=O)CCN2C(=S)NC(c3ccccn3)C2c2cc(C)n(-n3cnnc3)c2C)c1. The molecule has 2 unspecified atom stereocenters. The molecule has 9 nitrogen and oxygen atoms in total. The molecule has 0 radical (unpaired) electrons. The average Bonchev–Trinajstić information content (AvgIpc) is 3.58. The predicted octanol–water partition coefficient (Wildman–Crippen LogP) is 4.02. The van der Waals surface area contributed by atoms with Crippen LogP contribution in [0.5, 0.6) is 0 Å². The van der Waals surface area contributed by atoms with E-state index in [9.17, 15) is 4.79 Å². The minimum absolute atomic E-state index is 0.0495. The van der Waals surface area contributed by atoms with Crippen molar-refractivity contribution in [3.8, 4) is 0 Å². The van der Waals surface area contributed by atoms with Crippen molar-refractivity contribution < 1.29 is 4.79 Å². The van der Waals surface area contributed by atoms with Crippen LogP contribution in [0.25, 0.3) is 0 Å². The number of anilines is 1. The second-order valence-electron chi connectivity index (χ2n) is 9.42. The van der Waals surface area contributed by atoms with Gasteiger partial charge in [-0.2, -0.15) is 0 Å². The topological polar surface area (TPSA) is 92.9 Å². The van der Waals surface area contributed by atoms with Crippen LogP contribution in [0.3, 0.4) is 0 Å². The van der Waals surface area contributed by atoms with E-state index < -0.39 is 0 Å². The summed E-state index contributed by atoms with van der Waals surface area (Å²) >= 11 is 5.80. The minimum Gasteiger partial charge on any atom is -0.352 e. The van der Waals surface area contributed by atoms with E-state index in [4.69, 9.17) is 12.2 Å². The number of hydrogen-bond donors (Lipinski definition) is 2. The van der Waals surface area contributed by atoms with Crippen LogP contribution in [0.2, 0.25) is 0 Å². The van der Waals surface area contributed by atoms with E-state index in [-0.39, 0.29) is 18.0 Å². The third-order valence-corrected chi connectivity index (χ3v) is 7.19. The highest BCUT2D eigenvalue weighted by Gasteiger charge is 2.41. The molecule has 0 saturated carbocycles. The highest BCUT2D eigenvalue weighted by Crippen LogP contribution is 2.40. The van der Waals surface area contributed by atoms with E-state index in [0.29, 0.717) is 18.1 Å². The summed E-state index contributed by atoms with van der Waals surface area (Å²) in [4.78, 5) is 19.7. The van der Waals surface area contributed by atoms with Crippen LogP contribution in [0.4, 0.5) is 5.69 Å². The van der Waals surface area contributed by atoms with Crippen LogP contribution >= 0.6 is 12.2 Å². The van der Waals surface area contributed by atoms with Gasteiger partial charge in [0.1, 0.15) is 12.7 Å². The van der Waals surface area contributed by atoms with Crippen molar-refractivity contribution in [3.05, 3.63) is 95.1 Å². The molecule has 0 aliphatic carbocycles. The number of aryl methyl sites for hydroxylation is 3. The number of rotatable bonds is 7. The molecule has 5 rings (SSSR count). The fourth-order valence-corrected chi connectivity index (χ4v) is 5.35. The highest BCUT2D eigenvalue weighted by atomic mass is 32.1. The lowest BCUT2D eigenvalue weighted by Gasteiger charge is -2.28. The molecule has 0 bridgehead atoms. The molecular weight excluding hydrogens is 484 g/mol. The van der Waals surface area contributed by atoms with Gasteiger partial charge in [-0.05, 0) is 75.3 Å². The number of hydrogen-bond acceptors (Lipinski definition) is 5. The molecule has 10 heteroatoms. The summed E-state index contributed by atoms with van der Waals surface area (Å²) in [6.45, 7) is 8.60. The predicted molar refractivity (Wildman–Crippen MR) is 146 cm³/mol. The van der Waals surface area contributed by atoms with Crippen LogP contribution in [-0.4, -0.2) is 47.0 Å². The molecule has 1 aliphatic rings. The summed E-state index contributed by atoms with van der Waals surface area (Å²) in [5.41, 5.74) is 7.05. The Bertz CT molecular complexity index is 1430. The van der Waals surface area contributed by atoms with Crippen LogP contribution in [0, 0.1) is 27.7 Å². The maximum absolute atomic E-state index is 13.0. The normalized spacial score (nSPS) is 17.2. The van der Waals surface area contributed by atoms with Gasteiger partial charge >= 0.3 is 0 Å². The quantitative estimate of drug-likeness (QED) is 0.360. The molecular formula is C27H30N8OS. The van der Waals surface area contributed by atoms with Crippen molar-refractivity contribution in [2.75, 3.05) is 11.9 Å². The maximum Gasteiger partial charge on any atom is 0.226 e. The molecule has 1 saturated heterocycles. The highest BCUT2D eigenvalue weighted by molar-refractivity contribution is 7.80. The zero-order valence-corrected chi connectivity index (χ0v) is 22.2. The smallest absolute Gasteiger partial charge is 0.226 e. The van der Waals surface area contributed by atoms with Gasteiger partial charge in [0, 0.05) is 41.8 Å². The summed E-state index contributed by atoms with van der Waals surface area (Å²) in [7, 11) is 0. The molecule has 2 N–H and O–H groups in total. The summed E-state index contributed by atoms with van der Waals surface area (Å²) in [6.07, 6.45) is 5.43. The number of pyridine rings is 1. The van der Waals surface area contributed by atoms with E-state index in [0.717, 1.165) is 39.5 Å². The number of aromatic nitrogens is 5. The Kier molecular flexibility index (Phi) is 6.75. The number of nitrogens with zero attached hydrogens (tertiary/aromatic N) is 6. The lowest BCUT2D eigenvalue weighted by Crippen LogP contribution is -2.33. The van der Waals surface area contributed by atoms with Gasteiger partial charge in [0.2, 0.25) is 5.91 Å². The van der Waals surface area contributed by atoms with Crippen molar-refractivity contribution in [2.24, 2.45) is 0 Å². The van der Waals surface area contributed by atoms with Crippen LogP contribution in [0.1, 0.15) is 52.3 Å². The molecule has 190 valence electrons. The van der Waals surface area contributed by atoms with Gasteiger partial charge in [0.15, 0.2) is 5.11 Å². The Morgan fingerprint density at radius 1 is 1.08 bits per heavy atom. The first-order valence-corrected chi connectivity index (χ1v) is 12.6. The number of carbonyl (C=O) groups is 1. The van der Waals surface area contributed by atoms with Gasteiger partial charge in [-0.15, -0.1) is 10.2 Å². The minimum atomic E-state index is -0.161. The van der Waals surface area contributed by atoms with Crippen molar-refractivity contribution in [1.82, 2.24) is 34.8 Å². The van der Waals surface area contributed by atoms with Gasteiger partial charge < -0.3 is 15.5 Å². The lowest BCUT2D eigenvalue weighted by molar-refractivity contribution is -0.116. The van der Waals surface area contributed by atoms with E-state index in [2.05, 4.69) is 55.3 Å². The van der Waals surface area contributed by atoms with E-state index in [1.807, 2.05) is 54.9 Å². The monoisotopic (exact) mass is 514 g/mol. The zero-order chi connectivity index (χ0) is 26.1.